The van der Waals surface area contributed by atoms with Crippen LogP contribution in [0.2, 0.25) is 5.02 Å². The second-order valence-corrected chi connectivity index (χ2v) is 14.7. The van der Waals surface area contributed by atoms with E-state index in [4.69, 9.17) is 23.1 Å². The summed E-state index contributed by atoms with van der Waals surface area (Å²) in [5.41, 5.74) is 14.4. The molecule has 1 spiro atoms. The highest BCUT2D eigenvalue weighted by atomic mass is 35.5. The number of nitrogens with one attached hydrogen (secondary N) is 1. The molecule has 2 aromatic heterocycles. The number of aromatic nitrogens is 3. The van der Waals surface area contributed by atoms with Crippen molar-refractivity contribution < 1.29 is 4.21 Å². The molecule has 3 heterocycles. The number of fused-ring (bicyclic) bond motifs is 1. The zero-order chi connectivity index (χ0) is 28.1. The highest BCUT2D eigenvalue weighted by Gasteiger charge is 2.49. The largest absolute Gasteiger partial charge is 0.382 e. The van der Waals surface area contributed by atoms with E-state index in [1.165, 1.54) is 17.3 Å². The maximum Gasteiger partial charge on any atom is 0.270 e. The fraction of sp³-hybridized carbons (Fsp3) is 0.444. The number of anilines is 3. The van der Waals surface area contributed by atoms with Crippen LogP contribution in [0.25, 0.3) is 0 Å². The number of halogens is 1. The van der Waals surface area contributed by atoms with Gasteiger partial charge in [0.05, 0.1) is 26.8 Å². The standard InChI is InChI=1S/C27H34ClN7O2S2/c1-26(2,3)39(37)33-21-17-8-6-5-7-16(17)15-27(21)10-13-35(14-11-27)25-32-23(30)20(24(36)34(25)4)38-18-9-12-31-22(29)19(18)28/h5-9,12,21,33H,10-11,13-15,30H2,1-4H3,(H2,29,31)/t21-,39?/m1/s1. The Hall–Kier alpha value is -2.60. The first-order chi connectivity index (χ1) is 18.4. The normalized spacial score (nSPS) is 19.3. The van der Waals surface area contributed by atoms with Crippen LogP contribution >= 0.6 is 23.4 Å². The number of piperidine rings is 1. The van der Waals surface area contributed by atoms with E-state index >= 15 is 0 Å². The summed E-state index contributed by atoms with van der Waals surface area (Å²) in [6.07, 6.45) is 4.18. The smallest absolute Gasteiger partial charge is 0.270 e. The summed E-state index contributed by atoms with van der Waals surface area (Å²) < 4.78 is 17.8. The van der Waals surface area contributed by atoms with Crippen LogP contribution in [0.1, 0.15) is 50.8 Å². The lowest BCUT2D eigenvalue weighted by Crippen LogP contribution is -2.48. The Morgan fingerprint density at radius 1 is 1.15 bits per heavy atom. The maximum absolute atomic E-state index is 13.4. The van der Waals surface area contributed by atoms with Crippen LogP contribution < -0.4 is 26.6 Å². The third-order valence-electron chi connectivity index (χ3n) is 7.69. The van der Waals surface area contributed by atoms with Gasteiger partial charge in [0.2, 0.25) is 5.95 Å². The molecular formula is C27H34ClN7O2S2. The molecule has 5 rings (SSSR count). The summed E-state index contributed by atoms with van der Waals surface area (Å²) >= 11 is 7.43. The topological polar surface area (TPSA) is 132 Å². The van der Waals surface area contributed by atoms with Gasteiger partial charge < -0.3 is 16.4 Å². The van der Waals surface area contributed by atoms with E-state index in [1.54, 1.807) is 17.7 Å². The monoisotopic (exact) mass is 587 g/mol. The number of hydrogen-bond donors (Lipinski definition) is 3. The summed E-state index contributed by atoms with van der Waals surface area (Å²) in [7, 11) is 0.511. The van der Waals surface area contributed by atoms with Gasteiger partial charge in [0.25, 0.3) is 5.56 Å². The Kier molecular flexibility index (Phi) is 7.47. The zero-order valence-electron chi connectivity index (χ0n) is 22.5. The summed E-state index contributed by atoms with van der Waals surface area (Å²) in [6.45, 7) is 7.37. The molecule has 3 aromatic rings. The average Bonchev–Trinajstić information content (AvgIpc) is 3.19. The fourth-order valence-corrected chi connectivity index (χ4v) is 7.56. The second-order valence-electron chi connectivity index (χ2n) is 11.3. The molecule has 9 nitrogen and oxygen atoms in total. The molecule has 1 aliphatic heterocycles. The highest BCUT2D eigenvalue weighted by molar-refractivity contribution is 7.99. The van der Waals surface area contributed by atoms with Crippen molar-refractivity contribution in [3.05, 3.63) is 63.0 Å². The molecule has 1 aromatic carbocycles. The first-order valence-corrected chi connectivity index (χ1v) is 15.2. The van der Waals surface area contributed by atoms with Crippen LogP contribution in [0.15, 0.2) is 51.1 Å². The molecule has 0 radical (unpaired) electrons. The van der Waals surface area contributed by atoms with Gasteiger partial charge in [0.1, 0.15) is 16.5 Å². The molecule has 2 atom stereocenters. The van der Waals surface area contributed by atoms with Gasteiger partial charge in [-0.3, -0.25) is 9.36 Å². The maximum atomic E-state index is 13.4. The summed E-state index contributed by atoms with van der Waals surface area (Å²) in [5.74, 6) is 0.880. The van der Waals surface area contributed by atoms with Gasteiger partial charge in [-0.25, -0.2) is 13.9 Å². The van der Waals surface area contributed by atoms with Crippen LogP contribution in [-0.4, -0.2) is 36.6 Å². The van der Waals surface area contributed by atoms with E-state index in [2.05, 4.69) is 43.9 Å². The molecule has 1 aliphatic carbocycles. The highest BCUT2D eigenvalue weighted by Crippen LogP contribution is 2.52. The van der Waals surface area contributed by atoms with Gasteiger partial charge in [0, 0.05) is 31.2 Å². The van der Waals surface area contributed by atoms with Crippen molar-refractivity contribution in [3.8, 4) is 0 Å². The van der Waals surface area contributed by atoms with Gasteiger partial charge in [-0.1, -0.05) is 47.6 Å². The third kappa shape index (κ3) is 5.17. The molecule has 0 bridgehead atoms. The molecule has 1 fully saturated rings. The van der Waals surface area contributed by atoms with Gasteiger partial charge in [0.15, 0.2) is 0 Å². The minimum Gasteiger partial charge on any atom is -0.382 e. The van der Waals surface area contributed by atoms with Crippen molar-refractivity contribution in [2.45, 2.75) is 60.6 Å². The Balaban J connectivity index is 1.39. The minimum atomic E-state index is -1.20. The van der Waals surface area contributed by atoms with E-state index < -0.39 is 11.0 Å². The van der Waals surface area contributed by atoms with Crippen molar-refractivity contribution in [1.29, 1.82) is 0 Å². The van der Waals surface area contributed by atoms with Gasteiger partial charge in [-0.15, -0.1) is 0 Å². The molecule has 12 heteroatoms. The van der Waals surface area contributed by atoms with Crippen LogP contribution in [0.5, 0.6) is 0 Å². The van der Waals surface area contributed by atoms with Crippen molar-refractivity contribution in [1.82, 2.24) is 19.3 Å². The summed E-state index contributed by atoms with van der Waals surface area (Å²) in [4.78, 5) is 25.0. The third-order valence-corrected chi connectivity index (χ3v) is 10.9. The molecule has 39 heavy (non-hydrogen) atoms. The van der Waals surface area contributed by atoms with Crippen molar-refractivity contribution in [2.75, 3.05) is 29.5 Å². The van der Waals surface area contributed by atoms with Gasteiger partial charge in [-0.05, 0) is 62.6 Å². The molecule has 1 saturated heterocycles. The van der Waals surface area contributed by atoms with Gasteiger partial charge >= 0.3 is 0 Å². The predicted octanol–water partition coefficient (Wildman–Crippen LogP) is 4.08. The number of hydrogen-bond acceptors (Lipinski definition) is 8. The number of benzene rings is 1. The van der Waals surface area contributed by atoms with Crippen LogP contribution in [0, 0.1) is 5.41 Å². The Bertz CT molecular complexity index is 1500. The van der Waals surface area contributed by atoms with E-state index in [0.717, 1.165) is 31.0 Å². The van der Waals surface area contributed by atoms with Crippen molar-refractivity contribution in [2.24, 2.45) is 12.5 Å². The Morgan fingerprint density at radius 3 is 2.54 bits per heavy atom. The number of nitrogen functional groups attached to an aromatic ring is 2. The van der Waals surface area contributed by atoms with Crippen molar-refractivity contribution in [3.63, 3.8) is 0 Å². The molecular weight excluding hydrogens is 554 g/mol. The lowest BCUT2D eigenvalue weighted by Gasteiger charge is -2.44. The predicted molar refractivity (Wildman–Crippen MR) is 159 cm³/mol. The molecule has 0 amide bonds. The Morgan fingerprint density at radius 2 is 1.85 bits per heavy atom. The Labute approximate surface area is 240 Å². The number of nitrogens with zero attached hydrogens (tertiary/aromatic N) is 4. The molecule has 2 aliphatic rings. The first kappa shape index (κ1) is 27.9. The summed E-state index contributed by atoms with van der Waals surface area (Å²) in [5, 5.41) is 0.280. The van der Waals surface area contributed by atoms with Crippen LogP contribution in [0.3, 0.4) is 0 Å². The molecule has 0 saturated carbocycles. The number of nitrogens with two attached hydrogens (primary N) is 2. The molecule has 5 N–H and O–H groups in total. The van der Waals surface area contributed by atoms with E-state index in [0.29, 0.717) is 28.8 Å². The number of rotatable bonds is 5. The van der Waals surface area contributed by atoms with Crippen LogP contribution in [-0.2, 0) is 24.5 Å². The van der Waals surface area contributed by atoms with Crippen LogP contribution in [0.4, 0.5) is 17.6 Å². The van der Waals surface area contributed by atoms with E-state index in [1.807, 2.05) is 20.8 Å². The van der Waals surface area contributed by atoms with E-state index in [-0.39, 0.29) is 38.4 Å². The van der Waals surface area contributed by atoms with E-state index in [9.17, 15) is 9.00 Å². The molecule has 1 unspecified atom stereocenters. The first-order valence-electron chi connectivity index (χ1n) is 12.9. The summed E-state index contributed by atoms with van der Waals surface area (Å²) in [6, 6.07) is 10.1. The average molecular weight is 588 g/mol. The van der Waals surface area contributed by atoms with Crippen molar-refractivity contribution >= 4 is 51.9 Å². The SMILES string of the molecule is Cn1c(N2CCC3(CC2)Cc2ccccc2[C@H]3NS(=O)C(C)(C)C)nc(N)c(Sc2ccnc(N)c2Cl)c1=O. The second kappa shape index (κ2) is 10.4. The minimum absolute atomic E-state index is 0.00548. The zero-order valence-corrected chi connectivity index (χ0v) is 24.9. The van der Waals surface area contributed by atoms with Gasteiger partial charge in [-0.2, -0.15) is 4.98 Å². The fourth-order valence-electron chi connectivity index (χ4n) is 5.47. The number of pyridine rings is 1. The quantitative estimate of drug-likeness (QED) is 0.407. The lowest BCUT2D eigenvalue weighted by molar-refractivity contribution is 0.176. The lowest BCUT2D eigenvalue weighted by atomic mass is 9.73. The molecule has 208 valence electrons.